The average Bonchev–Trinajstić information content (AvgIpc) is 3.06. The van der Waals surface area contributed by atoms with E-state index in [0.717, 1.165) is 43.1 Å². The van der Waals surface area contributed by atoms with Gasteiger partial charge in [-0.05, 0) is 29.8 Å². The molecule has 0 amide bonds. The third kappa shape index (κ3) is 3.84. The number of halogens is 2. The van der Waals surface area contributed by atoms with Crippen LogP contribution in [0.4, 0.5) is 10.3 Å². The molecule has 6 nitrogen and oxygen atoms in total. The summed E-state index contributed by atoms with van der Waals surface area (Å²) in [5.74, 6) is 0.208. The molecule has 0 bridgehead atoms. The molecular formula is C18H18ClFN6. The molecule has 3 heterocycles. The maximum Gasteiger partial charge on any atom is 0.222 e. The third-order valence-electron chi connectivity index (χ3n) is 4.31. The fourth-order valence-corrected chi connectivity index (χ4v) is 3.26. The van der Waals surface area contributed by atoms with E-state index in [1.54, 1.807) is 30.6 Å². The van der Waals surface area contributed by atoms with Crippen molar-refractivity contribution in [1.29, 1.82) is 0 Å². The van der Waals surface area contributed by atoms with Crippen molar-refractivity contribution in [3.8, 4) is 0 Å². The minimum atomic E-state index is -0.383. The summed E-state index contributed by atoms with van der Waals surface area (Å²) in [7, 11) is 0. The summed E-state index contributed by atoms with van der Waals surface area (Å²) < 4.78 is 15.3. The molecular weight excluding hydrogens is 355 g/mol. The van der Waals surface area contributed by atoms with Crippen LogP contribution in [0, 0.1) is 5.82 Å². The Bertz CT molecular complexity index is 898. The Hall–Kier alpha value is -2.51. The third-order valence-corrected chi connectivity index (χ3v) is 4.60. The monoisotopic (exact) mass is 372 g/mol. The Kier molecular flexibility index (Phi) is 4.81. The molecule has 3 aromatic rings. The van der Waals surface area contributed by atoms with E-state index < -0.39 is 0 Å². The van der Waals surface area contributed by atoms with E-state index in [1.165, 1.54) is 6.07 Å². The SMILES string of the molecule is Fc1ccc(CN2CCn3nc(CNc4ncccn4)cc3C2)cc1Cl. The van der Waals surface area contributed by atoms with Crippen LogP contribution in [0.5, 0.6) is 0 Å². The second kappa shape index (κ2) is 7.39. The molecule has 1 aromatic carbocycles. The van der Waals surface area contributed by atoms with Gasteiger partial charge in [-0.2, -0.15) is 5.10 Å². The summed E-state index contributed by atoms with van der Waals surface area (Å²) in [4.78, 5) is 10.6. The molecule has 0 aliphatic carbocycles. The van der Waals surface area contributed by atoms with Crippen molar-refractivity contribution >= 4 is 17.5 Å². The number of fused-ring (bicyclic) bond motifs is 1. The molecule has 0 fully saturated rings. The first-order chi connectivity index (χ1) is 12.7. The van der Waals surface area contributed by atoms with Crippen LogP contribution in [0.2, 0.25) is 5.02 Å². The largest absolute Gasteiger partial charge is 0.348 e. The van der Waals surface area contributed by atoms with Crippen LogP contribution in [-0.4, -0.2) is 31.2 Å². The number of hydrogen-bond acceptors (Lipinski definition) is 5. The molecule has 0 atom stereocenters. The predicted molar refractivity (Wildman–Crippen MR) is 97.1 cm³/mol. The topological polar surface area (TPSA) is 58.9 Å². The summed E-state index contributed by atoms with van der Waals surface area (Å²) in [6.45, 7) is 3.82. The molecule has 8 heteroatoms. The predicted octanol–water partition coefficient (Wildman–Crippen LogP) is 3.09. The van der Waals surface area contributed by atoms with E-state index in [9.17, 15) is 4.39 Å². The number of nitrogens with zero attached hydrogens (tertiary/aromatic N) is 5. The molecule has 26 heavy (non-hydrogen) atoms. The summed E-state index contributed by atoms with van der Waals surface area (Å²) in [6.07, 6.45) is 3.40. The van der Waals surface area contributed by atoms with Gasteiger partial charge in [0, 0.05) is 32.0 Å². The Morgan fingerprint density at radius 1 is 1.15 bits per heavy atom. The van der Waals surface area contributed by atoms with Crippen LogP contribution in [-0.2, 0) is 26.2 Å². The van der Waals surface area contributed by atoms with E-state index in [4.69, 9.17) is 11.6 Å². The summed E-state index contributed by atoms with van der Waals surface area (Å²) >= 11 is 5.88. The number of rotatable bonds is 5. The molecule has 0 saturated carbocycles. The quantitative estimate of drug-likeness (QED) is 0.745. The molecule has 1 aliphatic rings. The first-order valence-corrected chi connectivity index (χ1v) is 8.78. The van der Waals surface area contributed by atoms with Gasteiger partial charge in [0.05, 0.1) is 29.5 Å². The van der Waals surface area contributed by atoms with E-state index in [1.807, 2.05) is 4.68 Å². The fraction of sp³-hybridized carbons (Fsp3) is 0.278. The zero-order chi connectivity index (χ0) is 17.9. The van der Waals surface area contributed by atoms with Gasteiger partial charge in [0.25, 0.3) is 0 Å². The molecule has 4 rings (SSSR count). The second-order valence-electron chi connectivity index (χ2n) is 6.24. The molecule has 2 aromatic heterocycles. The van der Waals surface area contributed by atoms with Crippen LogP contribution < -0.4 is 5.32 Å². The maximum atomic E-state index is 13.3. The Labute approximate surface area is 155 Å². The lowest BCUT2D eigenvalue weighted by molar-refractivity contribution is 0.205. The van der Waals surface area contributed by atoms with Crippen molar-refractivity contribution in [2.24, 2.45) is 0 Å². The zero-order valence-electron chi connectivity index (χ0n) is 14.1. The molecule has 0 radical (unpaired) electrons. The highest BCUT2D eigenvalue weighted by Gasteiger charge is 2.19. The van der Waals surface area contributed by atoms with Crippen LogP contribution in [0.1, 0.15) is 17.0 Å². The van der Waals surface area contributed by atoms with Gasteiger partial charge in [0.15, 0.2) is 0 Å². The van der Waals surface area contributed by atoms with Crippen molar-refractivity contribution < 1.29 is 4.39 Å². The minimum absolute atomic E-state index is 0.168. The van der Waals surface area contributed by atoms with Crippen LogP contribution in [0.3, 0.4) is 0 Å². The van der Waals surface area contributed by atoms with Gasteiger partial charge in [-0.25, -0.2) is 14.4 Å². The molecule has 1 aliphatic heterocycles. The van der Waals surface area contributed by atoms with Crippen molar-refractivity contribution in [2.75, 3.05) is 11.9 Å². The molecule has 1 N–H and O–H groups in total. The highest BCUT2D eigenvalue weighted by Crippen LogP contribution is 2.20. The van der Waals surface area contributed by atoms with Crippen LogP contribution in [0.15, 0.2) is 42.7 Å². The van der Waals surface area contributed by atoms with Crippen molar-refractivity contribution in [3.05, 3.63) is 70.5 Å². The van der Waals surface area contributed by atoms with Gasteiger partial charge in [0.1, 0.15) is 5.82 Å². The van der Waals surface area contributed by atoms with Crippen molar-refractivity contribution in [3.63, 3.8) is 0 Å². The number of hydrogen-bond donors (Lipinski definition) is 1. The lowest BCUT2D eigenvalue weighted by Gasteiger charge is -2.27. The number of aromatic nitrogens is 4. The summed E-state index contributed by atoms with van der Waals surface area (Å²) in [5, 5.41) is 7.97. The number of nitrogens with one attached hydrogen (secondary N) is 1. The van der Waals surface area contributed by atoms with E-state index in [2.05, 4.69) is 31.3 Å². The average molecular weight is 373 g/mol. The summed E-state index contributed by atoms with van der Waals surface area (Å²) in [5.41, 5.74) is 3.13. The number of benzene rings is 1. The first-order valence-electron chi connectivity index (χ1n) is 8.40. The van der Waals surface area contributed by atoms with E-state index >= 15 is 0 Å². The van der Waals surface area contributed by atoms with Gasteiger partial charge >= 0.3 is 0 Å². The number of anilines is 1. The normalized spacial score (nSPS) is 14.2. The Balaban J connectivity index is 1.39. The Morgan fingerprint density at radius 3 is 2.81 bits per heavy atom. The van der Waals surface area contributed by atoms with Gasteiger partial charge in [0.2, 0.25) is 5.95 Å². The second-order valence-corrected chi connectivity index (χ2v) is 6.64. The highest BCUT2D eigenvalue weighted by molar-refractivity contribution is 6.30. The lowest BCUT2D eigenvalue weighted by Crippen LogP contribution is -2.33. The standard InChI is InChI=1S/C18H18ClFN6/c19-16-8-13(2-3-17(16)20)11-25-6-7-26-15(12-25)9-14(24-26)10-23-18-21-4-1-5-22-18/h1-5,8-9H,6-7,10-12H2,(H,21,22,23). The van der Waals surface area contributed by atoms with Gasteiger partial charge in [-0.3, -0.25) is 9.58 Å². The van der Waals surface area contributed by atoms with Crippen molar-refractivity contribution in [1.82, 2.24) is 24.6 Å². The zero-order valence-corrected chi connectivity index (χ0v) is 14.8. The van der Waals surface area contributed by atoms with Gasteiger partial charge in [-0.1, -0.05) is 17.7 Å². The van der Waals surface area contributed by atoms with E-state index in [0.29, 0.717) is 12.5 Å². The van der Waals surface area contributed by atoms with Crippen LogP contribution >= 0.6 is 11.6 Å². The molecule has 0 saturated heterocycles. The smallest absolute Gasteiger partial charge is 0.222 e. The highest BCUT2D eigenvalue weighted by atomic mass is 35.5. The Morgan fingerprint density at radius 2 is 2.00 bits per heavy atom. The fourth-order valence-electron chi connectivity index (χ4n) is 3.06. The van der Waals surface area contributed by atoms with E-state index in [-0.39, 0.29) is 10.8 Å². The molecule has 0 spiro atoms. The first kappa shape index (κ1) is 16.9. The molecule has 0 unspecified atom stereocenters. The molecule has 134 valence electrons. The van der Waals surface area contributed by atoms with Crippen LogP contribution in [0.25, 0.3) is 0 Å². The maximum absolute atomic E-state index is 13.3. The van der Waals surface area contributed by atoms with Gasteiger partial charge < -0.3 is 5.32 Å². The van der Waals surface area contributed by atoms with Crippen molar-refractivity contribution in [2.45, 2.75) is 26.2 Å². The lowest BCUT2D eigenvalue weighted by atomic mass is 10.2. The minimum Gasteiger partial charge on any atom is -0.348 e. The summed E-state index contributed by atoms with van der Waals surface area (Å²) in [6, 6.07) is 8.77. The van der Waals surface area contributed by atoms with Gasteiger partial charge in [-0.15, -0.1) is 0 Å².